The highest BCUT2D eigenvalue weighted by Gasteiger charge is 2.54. The Bertz CT molecular complexity index is 486. The highest BCUT2D eigenvalue weighted by Crippen LogP contribution is 2.33. The fourth-order valence-electron chi connectivity index (χ4n) is 1.89. The summed E-state index contributed by atoms with van der Waals surface area (Å²) < 4.78 is 64.6. The van der Waals surface area contributed by atoms with Gasteiger partial charge in [-0.3, -0.25) is 4.55 Å². The lowest BCUT2D eigenvalue weighted by atomic mass is 9.97. The summed E-state index contributed by atoms with van der Waals surface area (Å²) in [5.41, 5.74) is -2.86. The monoisotopic (exact) mass is 330 g/mol. The van der Waals surface area contributed by atoms with Gasteiger partial charge in [0.1, 0.15) is 6.10 Å². The minimum atomic E-state index is -5.01. The van der Waals surface area contributed by atoms with Gasteiger partial charge in [-0.15, -0.1) is 0 Å². The van der Waals surface area contributed by atoms with Crippen LogP contribution in [0.1, 0.15) is 27.7 Å². The van der Waals surface area contributed by atoms with Gasteiger partial charge in [-0.25, -0.2) is 13.4 Å². The van der Waals surface area contributed by atoms with Crippen molar-refractivity contribution in [3.63, 3.8) is 0 Å². The maximum Gasteiger partial charge on any atom is 0.397 e. The van der Waals surface area contributed by atoms with Crippen LogP contribution in [0.5, 0.6) is 0 Å². The molecule has 1 aliphatic heterocycles. The van der Waals surface area contributed by atoms with Gasteiger partial charge in [0, 0.05) is 0 Å². The lowest BCUT2D eigenvalue weighted by Crippen LogP contribution is -2.53. The maximum absolute atomic E-state index is 14.7. The second kappa shape index (κ2) is 6.13. The number of esters is 1. The molecule has 1 unspecified atom stereocenters. The van der Waals surface area contributed by atoms with Crippen LogP contribution >= 0.6 is 0 Å². The van der Waals surface area contributed by atoms with E-state index in [9.17, 15) is 17.6 Å². The van der Waals surface area contributed by atoms with Crippen molar-refractivity contribution in [2.75, 3.05) is 13.2 Å². The predicted octanol–water partition coefficient (Wildman–Crippen LogP) is 0.617. The van der Waals surface area contributed by atoms with Crippen LogP contribution in [-0.2, 0) is 33.6 Å². The van der Waals surface area contributed by atoms with E-state index in [1.807, 2.05) is 0 Å². The Morgan fingerprint density at radius 2 is 2.14 bits per heavy atom. The molecule has 124 valence electrons. The molecule has 1 saturated heterocycles. The molecule has 3 atom stereocenters. The first-order valence-electron chi connectivity index (χ1n) is 6.22. The molecule has 0 aromatic heterocycles. The van der Waals surface area contributed by atoms with Crippen molar-refractivity contribution in [3.05, 3.63) is 0 Å². The maximum atomic E-state index is 14.7. The van der Waals surface area contributed by atoms with Crippen LogP contribution in [0.25, 0.3) is 0 Å². The summed E-state index contributed by atoms with van der Waals surface area (Å²) in [4.78, 5) is 11.7. The molecule has 0 bridgehead atoms. The highest BCUT2D eigenvalue weighted by molar-refractivity contribution is 7.80. The lowest BCUT2D eigenvalue weighted by molar-refractivity contribution is -0.179. The van der Waals surface area contributed by atoms with E-state index < -0.39 is 40.0 Å². The zero-order chi connectivity index (χ0) is 16.5. The average Bonchev–Trinajstić information content (AvgIpc) is 2.65. The summed E-state index contributed by atoms with van der Waals surface area (Å²) in [5.74, 6) is -2.43. The van der Waals surface area contributed by atoms with Crippen LogP contribution < -0.4 is 0 Å². The van der Waals surface area contributed by atoms with Gasteiger partial charge in [0.05, 0.1) is 13.2 Å². The molecule has 8 nitrogen and oxygen atoms in total. The van der Waals surface area contributed by atoms with Gasteiger partial charge >= 0.3 is 16.4 Å². The largest absolute Gasteiger partial charge is 0.464 e. The van der Waals surface area contributed by atoms with Crippen LogP contribution in [0.15, 0.2) is 0 Å². The Hall–Kier alpha value is -0.810. The first kappa shape index (κ1) is 18.2. The normalized spacial score (nSPS) is 26.1. The Morgan fingerprint density at radius 3 is 2.52 bits per heavy atom. The second-order valence-electron chi connectivity index (χ2n) is 5.11. The number of ether oxygens (including phenoxy) is 3. The summed E-state index contributed by atoms with van der Waals surface area (Å²) in [6, 6.07) is 0. The van der Waals surface area contributed by atoms with Crippen LogP contribution in [0.3, 0.4) is 0 Å². The third-order valence-corrected chi connectivity index (χ3v) is 3.25. The number of carbonyl (C=O) groups is 1. The third-order valence-electron chi connectivity index (χ3n) is 2.80. The Balaban J connectivity index is 3.05. The molecule has 1 rings (SSSR count). The number of halogens is 1. The number of alkyl halides is 1. The van der Waals surface area contributed by atoms with Crippen molar-refractivity contribution in [1.82, 2.24) is 0 Å². The van der Waals surface area contributed by atoms with E-state index >= 15 is 0 Å². The van der Waals surface area contributed by atoms with Gasteiger partial charge in [0.2, 0.25) is 5.67 Å². The summed E-state index contributed by atoms with van der Waals surface area (Å²) in [6.07, 6.45) is -3.17. The molecule has 0 aromatic rings. The predicted molar refractivity (Wildman–Crippen MR) is 67.5 cm³/mol. The van der Waals surface area contributed by atoms with Crippen molar-refractivity contribution in [3.8, 4) is 0 Å². The minimum absolute atomic E-state index is 0.107. The van der Waals surface area contributed by atoms with E-state index in [2.05, 4.69) is 8.92 Å². The molecule has 1 aliphatic rings. The first-order chi connectivity index (χ1) is 9.39. The number of hydrogen-bond acceptors (Lipinski definition) is 7. The number of hydrogen-bond donors (Lipinski definition) is 1. The quantitative estimate of drug-likeness (QED) is 0.557. The summed E-state index contributed by atoms with van der Waals surface area (Å²) in [7, 11) is -5.01. The average molecular weight is 330 g/mol. The van der Waals surface area contributed by atoms with Gasteiger partial charge in [0.15, 0.2) is 11.9 Å². The van der Waals surface area contributed by atoms with Crippen molar-refractivity contribution >= 4 is 16.4 Å². The topological polar surface area (TPSA) is 108 Å². The van der Waals surface area contributed by atoms with Gasteiger partial charge < -0.3 is 14.2 Å². The van der Waals surface area contributed by atoms with Gasteiger partial charge in [-0.1, -0.05) is 0 Å². The van der Waals surface area contributed by atoms with E-state index in [4.69, 9.17) is 14.0 Å². The standard InChI is InChI=1S/C11H19FO8S/c1-5-17-9(13)11(4,12)8(20-21(14,15)16)7-6-18-10(2,3)19-7/h7-8H,5-6H2,1-4H3,(H,14,15,16)/t7-,8?,11-/m1/s1. The zero-order valence-electron chi connectivity index (χ0n) is 12.2. The molecule has 0 aromatic carbocycles. The fraction of sp³-hybridized carbons (Fsp3) is 0.909. The zero-order valence-corrected chi connectivity index (χ0v) is 13.0. The molecule has 0 aliphatic carbocycles. The minimum Gasteiger partial charge on any atom is -0.464 e. The molecule has 1 N–H and O–H groups in total. The molecule has 0 spiro atoms. The van der Waals surface area contributed by atoms with Crippen LogP contribution in [0, 0.1) is 0 Å². The first-order valence-corrected chi connectivity index (χ1v) is 7.59. The molecule has 0 radical (unpaired) electrons. The van der Waals surface area contributed by atoms with E-state index in [1.165, 1.54) is 20.8 Å². The highest BCUT2D eigenvalue weighted by atomic mass is 32.3. The molecule has 21 heavy (non-hydrogen) atoms. The fourth-order valence-corrected chi connectivity index (χ4v) is 2.45. The third kappa shape index (κ3) is 4.85. The smallest absolute Gasteiger partial charge is 0.397 e. The van der Waals surface area contributed by atoms with Crippen LogP contribution in [0.4, 0.5) is 4.39 Å². The number of rotatable bonds is 6. The van der Waals surface area contributed by atoms with Gasteiger partial charge in [-0.2, -0.15) is 8.42 Å². The number of carbonyl (C=O) groups excluding carboxylic acids is 1. The van der Waals surface area contributed by atoms with Crippen molar-refractivity contribution < 1.29 is 40.5 Å². The SMILES string of the molecule is CCOC(=O)[C@](C)(F)C(OS(=O)(=O)O)[C@H]1COC(C)(C)O1. The van der Waals surface area contributed by atoms with Crippen molar-refractivity contribution in [2.24, 2.45) is 0 Å². The van der Waals surface area contributed by atoms with Crippen molar-refractivity contribution in [1.29, 1.82) is 0 Å². The summed E-state index contributed by atoms with van der Waals surface area (Å²) in [6.45, 7) is 4.98. The second-order valence-corrected chi connectivity index (χ2v) is 6.16. The molecule has 0 amide bonds. The van der Waals surface area contributed by atoms with Crippen molar-refractivity contribution in [2.45, 2.75) is 51.4 Å². The Morgan fingerprint density at radius 1 is 1.57 bits per heavy atom. The van der Waals surface area contributed by atoms with E-state index in [-0.39, 0.29) is 13.2 Å². The molecule has 1 fully saturated rings. The van der Waals surface area contributed by atoms with Gasteiger partial charge in [0.25, 0.3) is 0 Å². The molecule has 10 heteroatoms. The molecular formula is C11H19FO8S. The van der Waals surface area contributed by atoms with E-state index in [0.717, 1.165) is 6.92 Å². The molecular weight excluding hydrogens is 311 g/mol. The summed E-state index contributed by atoms with van der Waals surface area (Å²) in [5, 5.41) is 0. The Kier molecular flexibility index (Phi) is 5.32. The molecule has 0 saturated carbocycles. The van der Waals surface area contributed by atoms with E-state index in [1.54, 1.807) is 0 Å². The van der Waals surface area contributed by atoms with Crippen LogP contribution in [-0.4, -0.2) is 55.8 Å². The molecule has 1 heterocycles. The van der Waals surface area contributed by atoms with Gasteiger partial charge in [-0.05, 0) is 27.7 Å². The van der Waals surface area contributed by atoms with Crippen LogP contribution in [0.2, 0.25) is 0 Å². The summed E-state index contributed by atoms with van der Waals surface area (Å²) >= 11 is 0. The lowest BCUT2D eigenvalue weighted by Gasteiger charge is -2.30. The Labute approximate surface area is 122 Å². The van der Waals surface area contributed by atoms with E-state index in [0.29, 0.717) is 0 Å².